The van der Waals surface area contributed by atoms with Crippen LogP contribution in [-0.2, 0) is 36.1 Å². The molecule has 0 bridgehead atoms. The van der Waals surface area contributed by atoms with Crippen LogP contribution >= 0.6 is 0 Å². The largest absolute Gasteiger partial charge is 0.461 e. The molecule has 6 heteroatoms. The summed E-state index contributed by atoms with van der Waals surface area (Å²) in [6, 6.07) is 12.0. The molecule has 1 aliphatic rings. The highest BCUT2D eigenvalue weighted by Gasteiger charge is 2.24. The number of carbonyl (C=O) groups excluding carboxylic acids is 2. The van der Waals surface area contributed by atoms with E-state index in [-0.39, 0.29) is 12.5 Å². The molecule has 0 radical (unpaired) electrons. The second kappa shape index (κ2) is 6.95. The van der Waals surface area contributed by atoms with Gasteiger partial charge in [-0.05, 0) is 36.6 Å². The topological polar surface area (TPSA) is 56.5 Å². The molecule has 27 heavy (non-hydrogen) atoms. The normalized spacial score (nSPS) is 13.6. The van der Waals surface area contributed by atoms with Gasteiger partial charge < -0.3 is 18.8 Å². The van der Waals surface area contributed by atoms with Gasteiger partial charge in [-0.15, -0.1) is 0 Å². The summed E-state index contributed by atoms with van der Waals surface area (Å²) in [7, 11) is 1.92. The van der Waals surface area contributed by atoms with Crippen LogP contribution in [0.1, 0.15) is 28.5 Å². The highest BCUT2D eigenvalue weighted by atomic mass is 16.5. The predicted octanol–water partition coefficient (Wildman–Crippen LogP) is 2.74. The molecule has 140 valence electrons. The van der Waals surface area contributed by atoms with Gasteiger partial charge in [-0.2, -0.15) is 0 Å². The zero-order chi connectivity index (χ0) is 19.0. The van der Waals surface area contributed by atoms with E-state index in [2.05, 4.69) is 12.1 Å². The molecule has 6 nitrogen and oxygen atoms in total. The number of hydrogen-bond donors (Lipinski definition) is 0. The Morgan fingerprint density at radius 2 is 1.89 bits per heavy atom. The van der Waals surface area contributed by atoms with Crippen molar-refractivity contribution in [1.29, 1.82) is 0 Å². The highest BCUT2D eigenvalue weighted by molar-refractivity contribution is 5.96. The van der Waals surface area contributed by atoms with Crippen LogP contribution in [0.15, 0.2) is 42.6 Å². The number of esters is 1. The Labute approximate surface area is 157 Å². The smallest absolute Gasteiger partial charge is 0.355 e. The lowest BCUT2D eigenvalue weighted by Gasteiger charge is -2.29. The minimum Gasteiger partial charge on any atom is -0.461 e. The van der Waals surface area contributed by atoms with E-state index < -0.39 is 5.97 Å². The van der Waals surface area contributed by atoms with Gasteiger partial charge in [0.2, 0.25) is 5.91 Å². The number of fused-ring (bicyclic) bond motifs is 2. The Morgan fingerprint density at radius 1 is 1.11 bits per heavy atom. The predicted molar refractivity (Wildman–Crippen MR) is 102 cm³/mol. The molecule has 3 aromatic rings. The number of aromatic nitrogens is 2. The van der Waals surface area contributed by atoms with Gasteiger partial charge >= 0.3 is 5.97 Å². The molecule has 4 rings (SSSR count). The molecule has 0 saturated heterocycles. The van der Waals surface area contributed by atoms with Crippen LogP contribution in [0, 0.1) is 0 Å². The van der Waals surface area contributed by atoms with Crippen molar-refractivity contribution in [2.75, 3.05) is 13.2 Å². The van der Waals surface area contributed by atoms with Crippen LogP contribution < -0.4 is 0 Å². The van der Waals surface area contributed by atoms with Crippen molar-refractivity contribution in [3.05, 3.63) is 59.4 Å². The molecule has 1 aromatic carbocycles. The number of nitrogens with zero attached hydrogens (tertiary/aromatic N) is 3. The summed E-state index contributed by atoms with van der Waals surface area (Å²) >= 11 is 0. The number of ether oxygens (including phenoxy) is 1. The fourth-order valence-corrected chi connectivity index (χ4v) is 3.76. The minimum absolute atomic E-state index is 0.0106. The first-order valence-electron chi connectivity index (χ1n) is 9.24. The van der Waals surface area contributed by atoms with E-state index in [0.717, 1.165) is 17.5 Å². The Bertz CT molecular complexity index is 1020. The van der Waals surface area contributed by atoms with E-state index in [4.69, 9.17) is 4.74 Å². The van der Waals surface area contributed by atoms with Crippen molar-refractivity contribution in [2.24, 2.45) is 7.05 Å². The van der Waals surface area contributed by atoms with Gasteiger partial charge in [0.1, 0.15) is 12.2 Å². The standard InChI is InChI=1S/C21H23N3O3/c1-3-27-21(26)19-12-18-17(9-10-22(18)2)24(19)14-20(25)23-11-8-15-6-4-5-7-16(15)13-23/h4-7,9-10,12H,3,8,11,13-14H2,1-2H3. The van der Waals surface area contributed by atoms with E-state index in [1.54, 1.807) is 17.6 Å². The van der Waals surface area contributed by atoms with Crippen molar-refractivity contribution in [2.45, 2.75) is 26.4 Å². The number of rotatable bonds is 4. The lowest BCUT2D eigenvalue weighted by atomic mass is 10.00. The number of hydrogen-bond acceptors (Lipinski definition) is 3. The molecule has 3 heterocycles. The second-order valence-corrected chi connectivity index (χ2v) is 6.87. The molecule has 1 amide bonds. The molecule has 0 fully saturated rings. The molecule has 0 unspecified atom stereocenters. The first-order chi connectivity index (χ1) is 13.1. The van der Waals surface area contributed by atoms with E-state index >= 15 is 0 Å². The second-order valence-electron chi connectivity index (χ2n) is 6.87. The van der Waals surface area contributed by atoms with E-state index in [1.165, 1.54) is 11.1 Å². The van der Waals surface area contributed by atoms with Crippen molar-refractivity contribution in [3.63, 3.8) is 0 Å². The van der Waals surface area contributed by atoms with Crippen molar-refractivity contribution in [3.8, 4) is 0 Å². The Kier molecular flexibility index (Phi) is 4.48. The lowest BCUT2D eigenvalue weighted by Crippen LogP contribution is -2.38. The molecule has 0 N–H and O–H groups in total. The fraction of sp³-hybridized carbons (Fsp3) is 0.333. The van der Waals surface area contributed by atoms with Crippen LogP contribution in [0.5, 0.6) is 0 Å². The quantitative estimate of drug-likeness (QED) is 0.668. The number of aryl methyl sites for hydroxylation is 1. The van der Waals surface area contributed by atoms with Gasteiger partial charge in [-0.3, -0.25) is 4.79 Å². The van der Waals surface area contributed by atoms with E-state index in [1.807, 2.05) is 40.9 Å². The van der Waals surface area contributed by atoms with Gasteiger partial charge in [0.25, 0.3) is 0 Å². The average molecular weight is 365 g/mol. The Morgan fingerprint density at radius 3 is 2.67 bits per heavy atom. The third kappa shape index (κ3) is 3.12. The lowest BCUT2D eigenvalue weighted by molar-refractivity contribution is -0.132. The first-order valence-corrected chi connectivity index (χ1v) is 9.24. The zero-order valence-electron chi connectivity index (χ0n) is 15.6. The van der Waals surface area contributed by atoms with Crippen LogP contribution in [0.25, 0.3) is 11.0 Å². The number of amides is 1. The molecule has 0 saturated carbocycles. The van der Waals surface area contributed by atoms with Crippen LogP contribution in [-0.4, -0.2) is 39.1 Å². The van der Waals surface area contributed by atoms with Gasteiger partial charge in [-0.25, -0.2) is 4.79 Å². The zero-order valence-corrected chi connectivity index (χ0v) is 15.6. The molecule has 1 aliphatic heterocycles. The summed E-state index contributed by atoms with van der Waals surface area (Å²) in [5.41, 5.74) is 4.70. The van der Waals surface area contributed by atoms with Crippen molar-refractivity contribution < 1.29 is 14.3 Å². The average Bonchev–Trinajstić information content (AvgIpc) is 3.22. The summed E-state index contributed by atoms with van der Waals surface area (Å²) in [6.45, 7) is 3.52. The van der Waals surface area contributed by atoms with Gasteiger partial charge in [-0.1, -0.05) is 24.3 Å². The molecule has 0 spiro atoms. The highest BCUT2D eigenvalue weighted by Crippen LogP contribution is 2.23. The Hall–Kier alpha value is -3.02. The van der Waals surface area contributed by atoms with Gasteiger partial charge in [0.05, 0.1) is 17.6 Å². The third-order valence-corrected chi connectivity index (χ3v) is 5.21. The van der Waals surface area contributed by atoms with Crippen molar-refractivity contribution in [1.82, 2.24) is 14.0 Å². The molecule has 2 aromatic heterocycles. The minimum atomic E-state index is -0.398. The summed E-state index contributed by atoms with van der Waals surface area (Å²) in [5.74, 6) is -0.387. The van der Waals surface area contributed by atoms with Crippen LogP contribution in [0.3, 0.4) is 0 Å². The van der Waals surface area contributed by atoms with E-state index in [9.17, 15) is 9.59 Å². The van der Waals surface area contributed by atoms with Crippen molar-refractivity contribution >= 4 is 22.9 Å². The SMILES string of the molecule is CCOC(=O)c1cc2c(ccn2C)n1CC(=O)N1CCc2ccccc2C1. The van der Waals surface area contributed by atoms with Gasteiger partial charge in [0.15, 0.2) is 0 Å². The number of carbonyl (C=O) groups is 2. The fourth-order valence-electron chi connectivity index (χ4n) is 3.76. The van der Waals surface area contributed by atoms with Crippen LogP contribution in [0.4, 0.5) is 0 Å². The maximum absolute atomic E-state index is 13.0. The molecule has 0 aliphatic carbocycles. The summed E-state index contributed by atoms with van der Waals surface area (Å²) in [6.07, 6.45) is 2.79. The monoisotopic (exact) mass is 365 g/mol. The van der Waals surface area contributed by atoms with Gasteiger partial charge in [0, 0.05) is 26.3 Å². The molecular formula is C21H23N3O3. The molecular weight excluding hydrogens is 342 g/mol. The molecule has 0 atom stereocenters. The maximum Gasteiger partial charge on any atom is 0.355 e. The first kappa shape index (κ1) is 17.4. The third-order valence-electron chi connectivity index (χ3n) is 5.21. The summed E-state index contributed by atoms with van der Waals surface area (Å²) in [5, 5.41) is 0. The maximum atomic E-state index is 13.0. The summed E-state index contributed by atoms with van der Waals surface area (Å²) < 4.78 is 8.90. The van der Waals surface area contributed by atoms with Crippen LogP contribution in [0.2, 0.25) is 0 Å². The summed E-state index contributed by atoms with van der Waals surface area (Å²) in [4.78, 5) is 27.3. The number of benzene rings is 1. The Balaban J connectivity index is 1.62. The van der Waals surface area contributed by atoms with E-state index in [0.29, 0.717) is 25.4 Å².